The van der Waals surface area contributed by atoms with E-state index in [2.05, 4.69) is 10.3 Å². The lowest BCUT2D eigenvalue weighted by atomic mass is 9.93. The van der Waals surface area contributed by atoms with E-state index in [-0.39, 0.29) is 11.2 Å². The number of hydrogen-bond donors (Lipinski definition) is 4. The Morgan fingerprint density at radius 2 is 2.12 bits per heavy atom. The normalized spacial score (nSPS) is 17.1. The average molecular weight is 376 g/mol. The number of fused-ring (bicyclic) bond motifs is 1. The van der Waals surface area contributed by atoms with Gasteiger partial charge in [0.1, 0.15) is 5.82 Å². The number of H-pyrrole nitrogens is 1. The number of carbonyl (C=O) groups is 2. The maximum atomic E-state index is 13.8. The zero-order valence-electron chi connectivity index (χ0n) is 14.6. The molecule has 6 N–H and O–H groups in total. The van der Waals surface area contributed by atoms with Crippen molar-refractivity contribution in [3.63, 3.8) is 0 Å². The van der Waals surface area contributed by atoms with Crippen LogP contribution in [0, 0.1) is 19.7 Å². The third-order valence-electron chi connectivity index (χ3n) is 4.61. The summed E-state index contributed by atoms with van der Waals surface area (Å²) in [7, 11) is 0. The van der Waals surface area contributed by atoms with Crippen molar-refractivity contribution in [1.82, 2.24) is 4.98 Å². The summed E-state index contributed by atoms with van der Waals surface area (Å²) in [4.78, 5) is 27.7. The average Bonchev–Trinajstić information content (AvgIpc) is 3.04. The highest BCUT2D eigenvalue weighted by Gasteiger charge is 2.40. The summed E-state index contributed by atoms with van der Waals surface area (Å²) >= 11 is 1.50. The number of aryl methyl sites for hydroxylation is 1. The molecule has 1 aliphatic rings. The van der Waals surface area contributed by atoms with Crippen molar-refractivity contribution in [3.8, 4) is 0 Å². The monoisotopic (exact) mass is 376 g/mol. The van der Waals surface area contributed by atoms with Crippen molar-refractivity contribution in [2.24, 2.45) is 11.5 Å². The van der Waals surface area contributed by atoms with Crippen LogP contribution in [-0.4, -0.2) is 29.1 Å². The summed E-state index contributed by atoms with van der Waals surface area (Å²) in [5.41, 5.74) is 14.9. The van der Waals surface area contributed by atoms with Crippen LogP contribution in [0.4, 0.5) is 10.1 Å². The van der Waals surface area contributed by atoms with Crippen molar-refractivity contribution in [3.05, 3.63) is 52.1 Å². The van der Waals surface area contributed by atoms with E-state index in [1.165, 1.54) is 23.9 Å². The molecule has 26 heavy (non-hydrogen) atoms. The zero-order chi connectivity index (χ0) is 19.0. The summed E-state index contributed by atoms with van der Waals surface area (Å²) in [6.45, 7) is 4.00. The second-order valence-corrected chi connectivity index (χ2v) is 7.56. The van der Waals surface area contributed by atoms with Gasteiger partial charge in [0.2, 0.25) is 5.91 Å². The van der Waals surface area contributed by atoms with Crippen LogP contribution in [0.5, 0.6) is 0 Å². The fourth-order valence-electron chi connectivity index (χ4n) is 3.53. The van der Waals surface area contributed by atoms with E-state index < -0.39 is 17.6 Å². The number of thioether (sulfide) groups is 1. The van der Waals surface area contributed by atoms with E-state index in [9.17, 15) is 14.0 Å². The largest absolute Gasteiger partial charge is 0.366 e. The van der Waals surface area contributed by atoms with Crippen molar-refractivity contribution in [2.75, 3.05) is 17.6 Å². The van der Waals surface area contributed by atoms with Crippen LogP contribution in [0.25, 0.3) is 0 Å². The van der Waals surface area contributed by atoms with Crippen LogP contribution < -0.4 is 16.8 Å². The Balaban J connectivity index is 2.11. The Labute approximate surface area is 154 Å². The predicted molar refractivity (Wildman–Crippen MR) is 101 cm³/mol. The molecule has 1 aromatic heterocycles. The molecule has 138 valence electrons. The highest BCUT2D eigenvalue weighted by atomic mass is 32.2. The van der Waals surface area contributed by atoms with Gasteiger partial charge in [-0.2, -0.15) is 0 Å². The predicted octanol–water partition coefficient (Wildman–Crippen LogP) is 2.34. The third-order valence-corrected chi connectivity index (χ3v) is 5.95. The Morgan fingerprint density at radius 3 is 2.73 bits per heavy atom. The SMILES string of the molecule is Cc1[nH]c(C(SCCN)C2C(=O)Nc3ccc(F)cc32)c(C)c1C(N)=O. The highest BCUT2D eigenvalue weighted by molar-refractivity contribution is 7.99. The molecule has 1 aromatic carbocycles. The van der Waals surface area contributed by atoms with Gasteiger partial charge in [-0.05, 0) is 43.2 Å². The van der Waals surface area contributed by atoms with Gasteiger partial charge in [0, 0.05) is 29.4 Å². The highest BCUT2D eigenvalue weighted by Crippen LogP contribution is 2.48. The van der Waals surface area contributed by atoms with Crippen LogP contribution in [0.2, 0.25) is 0 Å². The first kappa shape index (κ1) is 18.5. The smallest absolute Gasteiger partial charge is 0.250 e. The number of anilines is 1. The summed E-state index contributed by atoms with van der Waals surface area (Å²) in [6, 6.07) is 4.27. The van der Waals surface area contributed by atoms with Crippen LogP contribution in [-0.2, 0) is 4.79 Å². The molecule has 0 saturated carbocycles. The summed E-state index contributed by atoms with van der Waals surface area (Å²) < 4.78 is 13.8. The fourth-order valence-corrected chi connectivity index (χ4v) is 4.78. The Hall–Kier alpha value is -2.32. The summed E-state index contributed by atoms with van der Waals surface area (Å²) in [6.07, 6.45) is 0. The number of nitrogens with two attached hydrogens (primary N) is 2. The molecule has 0 aliphatic carbocycles. The molecule has 2 heterocycles. The van der Waals surface area contributed by atoms with Gasteiger partial charge in [0.25, 0.3) is 5.91 Å². The van der Waals surface area contributed by atoms with Crippen molar-refractivity contribution in [2.45, 2.75) is 25.0 Å². The number of nitrogens with one attached hydrogen (secondary N) is 2. The molecule has 0 spiro atoms. The standard InChI is InChI=1S/C18H21FN4O2S/c1-8-13(17(21)24)9(2)22-15(8)16(26-6-5-20)14-11-7-10(19)3-4-12(11)23-18(14)25/h3-4,7,14,16,22H,5-6,20H2,1-2H3,(H2,21,24)(H,23,25). The van der Waals surface area contributed by atoms with E-state index >= 15 is 0 Å². The molecular weight excluding hydrogens is 355 g/mol. The lowest BCUT2D eigenvalue weighted by Gasteiger charge is -2.22. The molecule has 2 amide bonds. The van der Waals surface area contributed by atoms with Crippen LogP contribution in [0.1, 0.15) is 44.0 Å². The van der Waals surface area contributed by atoms with E-state index in [1.807, 2.05) is 0 Å². The number of rotatable bonds is 6. The quantitative estimate of drug-likeness (QED) is 0.619. The first-order chi connectivity index (χ1) is 12.3. The number of aromatic amines is 1. The number of hydrogen-bond acceptors (Lipinski definition) is 4. The Kier molecular flexibility index (Phi) is 5.06. The van der Waals surface area contributed by atoms with Crippen molar-refractivity contribution in [1.29, 1.82) is 0 Å². The lowest BCUT2D eigenvalue weighted by molar-refractivity contribution is -0.117. The number of amides is 2. The van der Waals surface area contributed by atoms with Crippen molar-refractivity contribution < 1.29 is 14.0 Å². The molecule has 2 atom stereocenters. The number of halogens is 1. The minimum atomic E-state index is -0.588. The van der Waals surface area contributed by atoms with Gasteiger partial charge in [-0.15, -0.1) is 11.8 Å². The topological polar surface area (TPSA) is 114 Å². The molecule has 6 nitrogen and oxygen atoms in total. The van der Waals surface area contributed by atoms with Gasteiger partial charge in [0.05, 0.1) is 16.7 Å². The van der Waals surface area contributed by atoms with E-state index in [1.54, 1.807) is 19.9 Å². The van der Waals surface area contributed by atoms with E-state index in [0.29, 0.717) is 40.4 Å². The van der Waals surface area contributed by atoms with Crippen LogP contribution in [0.15, 0.2) is 18.2 Å². The second-order valence-electron chi connectivity index (χ2n) is 6.31. The van der Waals surface area contributed by atoms with Gasteiger partial charge in [-0.25, -0.2) is 4.39 Å². The fraction of sp³-hybridized carbons (Fsp3) is 0.333. The lowest BCUT2D eigenvalue weighted by Crippen LogP contribution is -2.20. The maximum absolute atomic E-state index is 13.8. The molecule has 0 radical (unpaired) electrons. The summed E-state index contributed by atoms with van der Waals surface area (Å²) in [5.74, 6) is -1.10. The van der Waals surface area contributed by atoms with Gasteiger partial charge >= 0.3 is 0 Å². The number of carbonyl (C=O) groups excluding carboxylic acids is 2. The molecule has 1 aliphatic heterocycles. The van der Waals surface area contributed by atoms with Gasteiger partial charge in [-0.3, -0.25) is 9.59 Å². The zero-order valence-corrected chi connectivity index (χ0v) is 15.4. The van der Waals surface area contributed by atoms with E-state index in [4.69, 9.17) is 11.5 Å². The minimum absolute atomic E-state index is 0.201. The van der Waals surface area contributed by atoms with Crippen LogP contribution in [0.3, 0.4) is 0 Å². The number of primary amides is 1. The summed E-state index contributed by atoms with van der Waals surface area (Å²) in [5, 5.41) is 2.47. The van der Waals surface area contributed by atoms with Crippen LogP contribution >= 0.6 is 11.8 Å². The molecule has 2 unspecified atom stereocenters. The Morgan fingerprint density at radius 1 is 1.38 bits per heavy atom. The first-order valence-electron chi connectivity index (χ1n) is 8.26. The third kappa shape index (κ3) is 3.10. The molecule has 2 aromatic rings. The molecular formula is C18H21FN4O2S. The van der Waals surface area contributed by atoms with Gasteiger partial charge in [0.15, 0.2) is 0 Å². The van der Waals surface area contributed by atoms with Crippen molar-refractivity contribution >= 4 is 29.3 Å². The second kappa shape index (κ2) is 7.13. The first-order valence-corrected chi connectivity index (χ1v) is 9.30. The number of aromatic nitrogens is 1. The maximum Gasteiger partial charge on any atom is 0.250 e. The molecule has 8 heteroatoms. The Bertz CT molecular complexity index is 880. The molecule has 3 rings (SSSR count). The van der Waals surface area contributed by atoms with E-state index in [0.717, 1.165) is 5.69 Å². The molecule has 0 fully saturated rings. The molecule has 0 bridgehead atoms. The number of benzene rings is 1. The minimum Gasteiger partial charge on any atom is -0.366 e. The molecule has 0 saturated heterocycles. The van der Waals surface area contributed by atoms with Gasteiger partial charge in [-0.1, -0.05) is 0 Å². The van der Waals surface area contributed by atoms with Gasteiger partial charge < -0.3 is 21.8 Å².